The molecule has 0 saturated carbocycles. The lowest BCUT2D eigenvalue weighted by molar-refractivity contribution is -0.323. The Bertz CT molecular complexity index is 2580. The van der Waals surface area contributed by atoms with Crippen molar-refractivity contribution in [2.45, 2.75) is 113 Å². The van der Waals surface area contributed by atoms with Crippen LogP contribution in [-0.2, 0) is 38.0 Å². The third kappa shape index (κ3) is 11.5. The number of methoxy groups -OCH3 is 2. The SMILES string of the molecule is CC#C/C=C\C#C[C@H](OC1OC(C)C(SC)(C(=O)c2nccc3c2[nH]c2cccc(I)c23)C(O)C1OC1CC(OC)C(NC(C)C)CO1)C1=C(NC(=O)OC)C(=O)C[C@H](O)/C1=C/CSC(C)=O. The van der Waals surface area contributed by atoms with Crippen LogP contribution in [0.5, 0.6) is 0 Å². The maximum absolute atomic E-state index is 15.4. The number of carbonyl (C=O) groups is 4. The summed E-state index contributed by atoms with van der Waals surface area (Å²) in [6.07, 6.45) is -3.69. The van der Waals surface area contributed by atoms with Gasteiger partial charge in [0.2, 0.25) is 5.78 Å². The van der Waals surface area contributed by atoms with Crippen molar-refractivity contribution in [3.05, 3.63) is 74.8 Å². The van der Waals surface area contributed by atoms with Gasteiger partial charge in [-0.25, -0.2) is 4.79 Å². The van der Waals surface area contributed by atoms with Crippen LogP contribution in [0.25, 0.3) is 21.8 Å². The van der Waals surface area contributed by atoms with Crippen LogP contribution in [-0.4, -0.2) is 142 Å². The molecule has 3 aliphatic rings. The van der Waals surface area contributed by atoms with E-state index in [2.05, 4.69) is 66.9 Å². The third-order valence-corrected chi connectivity index (χ3v) is 14.7. The first-order chi connectivity index (χ1) is 32.1. The monoisotopic (exact) mass is 1070 g/mol. The van der Waals surface area contributed by atoms with Crippen LogP contribution in [0.1, 0.15) is 57.9 Å². The van der Waals surface area contributed by atoms with Gasteiger partial charge in [0, 0.05) is 70.3 Å². The Kier molecular flexibility index (Phi) is 18.3. The minimum atomic E-state index is -1.78. The highest BCUT2D eigenvalue weighted by molar-refractivity contribution is 14.1. The standard InChI is InChI=1S/C48H55IN4O12S2/c1-9-10-11-12-13-17-35(39-28(19-21-67-27(5)54)33(55)22-34(56)41(39)53-47(59)61-7)64-46-43(65-37-23-36(60-6)32(24-62-37)51-25(2)3)45(58)48(66-8,26(4)63-46)44(57)42-40-29(18-20-50-42)38-30(49)15-14-16-31(38)52-40/h11-12,14-16,18-20,25-26,32-33,35-37,43,45-46,51-52,55,58H,21-24H2,1-8H3,(H,53,59)/b12-11-,28-19-/t26?,32?,33-,35-,36?,37?,43?,45?,46?,48?/m0/s1. The Hall–Kier alpha value is -4.10. The second-order valence-corrected chi connectivity index (χ2v) is 19.6. The number of pyridine rings is 1. The molecule has 67 heavy (non-hydrogen) atoms. The number of H-pyrrole nitrogens is 1. The fourth-order valence-corrected chi connectivity index (χ4v) is 10.9. The van der Waals surface area contributed by atoms with E-state index in [-0.39, 0.29) is 64.6 Å². The molecule has 0 bridgehead atoms. The fraction of sp³-hybridized carbons (Fsp3) is 0.479. The summed E-state index contributed by atoms with van der Waals surface area (Å²) in [6.45, 7) is 8.87. The fourth-order valence-electron chi connectivity index (χ4n) is 8.53. The number of ether oxygens (including phenoxy) is 6. The largest absolute Gasteiger partial charge is 0.453 e. The van der Waals surface area contributed by atoms with Crippen LogP contribution in [0.3, 0.4) is 0 Å². The highest BCUT2D eigenvalue weighted by Gasteiger charge is 2.61. The zero-order valence-corrected chi connectivity index (χ0v) is 42.1. The van der Waals surface area contributed by atoms with Gasteiger partial charge in [0.25, 0.3) is 0 Å². The van der Waals surface area contributed by atoms with Gasteiger partial charge in [-0.3, -0.25) is 24.7 Å². The van der Waals surface area contributed by atoms with Gasteiger partial charge in [-0.1, -0.05) is 55.5 Å². The van der Waals surface area contributed by atoms with Crippen molar-refractivity contribution in [2.24, 2.45) is 0 Å². The third-order valence-electron chi connectivity index (χ3n) is 11.6. The van der Waals surface area contributed by atoms with E-state index in [1.165, 1.54) is 19.1 Å². The highest BCUT2D eigenvalue weighted by atomic mass is 127. The first-order valence-corrected chi connectivity index (χ1v) is 24.8. The number of carbonyl (C=O) groups excluding carboxylic acids is 4. The lowest BCUT2D eigenvalue weighted by Crippen LogP contribution is -2.68. The molecule has 2 aliphatic heterocycles. The molecule has 6 rings (SSSR count). The first-order valence-electron chi connectivity index (χ1n) is 21.5. The van der Waals surface area contributed by atoms with E-state index in [9.17, 15) is 24.6 Å². The number of thioether (sulfide) groups is 2. The van der Waals surface area contributed by atoms with Crippen molar-refractivity contribution >= 4 is 90.7 Å². The summed E-state index contributed by atoms with van der Waals surface area (Å²) in [5.41, 5.74) is 1.16. The summed E-state index contributed by atoms with van der Waals surface area (Å²) >= 11 is 4.28. The van der Waals surface area contributed by atoms with E-state index in [0.29, 0.717) is 5.52 Å². The molecule has 0 radical (unpaired) electrons. The maximum atomic E-state index is 15.4. The van der Waals surface area contributed by atoms with Crippen LogP contribution in [0, 0.1) is 27.3 Å². The topological polar surface area (TPSA) is 217 Å². The van der Waals surface area contributed by atoms with Gasteiger partial charge in [0.05, 0.1) is 49.3 Å². The van der Waals surface area contributed by atoms with Crippen LogP contribution in [0.2, 0.25) is 0 Å². The maximum Gasteiger partial charge on any atom is 0.411 e. The summed E-state index contributed by atoms with van der Waals surface area (Å²) in [6, 6.07) is 7.55. The lowest BCUT2D eigenvalue weighted by atomic mass is 9.82. The van der Waals surface area contributed by atoms with Crippen molar-refractivity contribution in [3.8, 4) is 23.7 Å². The van der Waals surface area contributed by atoms with E-state index in [1.54, 1.807) is 39.5 Å². The first kappa shape index (κ1) is 52.3. The molecule has 2 saturated heterocycles. The molecule has 2 aromatic heterocycles. The average Bonchev–Trinajstić information content (AvgIpc) is 3.69. The number of benzene rings is 1. The number of allylic oxidation sites excluding steroid dienone is 3. The van der Waals surface area contributed by atoms with Crippen LogP contribution < -0.4 is 10.6 Å². The normalized spacial score (nSPS) is 27.8. The Morgan fingerprint density at radius 1 is 1.16 bits per heavy atom. The van der Waals surface area contributed by atoms with Crippen molar-refractivity contribution in [2.75, 3.05) is 32.8 Å². The number of nitrogens with one attached hydrogen (secondary N) is 3. The van der Waals surface area contributed by atoms with Crippen molar-refractivity contribution in [3.63, 3.8) is 0 Å². The molecule has 1 aliphatic carbocycles. The Labute approximate surface area is 411 Å². The molecule has 1 aromatic carbocycles. The number of rotatable bonds is 14. The van der Waals surface area contributed by atoms with Gasteiger partial charge in [-0.2, -0.15) is 0 Å². The van der Waals surface area contributed by atoms with Gasteiger partial charge in [0.15, 0.2) is 23.5 Å². The quantitative estimate of drug-likeness (QED) is 0.0782. The van der Waals surface area contributed by atoms with Crippen molar-refractivity contribution in [1.82, 2.24) is 20.6 Å². The van der Waals surface area contributed by atoms with Gasteiger partial charge in [-0.15, -0.1) is 17.7 Å². The van der Waals surface area contributed by atoms with Crippen LogP contribution in [0.15, 0.2) is 65.5 Å². The molecule has 16 nitrogen and oxygen atoms in total. The van der Waals surface area contributed by atoms with Gasteiger partial charge in [0.1, 0.15) is 28.8 Å². The van der Waals surface area contributed by atoms with E-state index in [0.717, 1.165) is 50.5 Å². The molecule has 358 valence electrons. The van der Waals surface area contributed by atoms with Gasteiger partial charge in [-0.05, 0) is 78.6 Å². The number of hydrogen-bond donors (Lipinski definition) is 5. The molecular weight excluding hydrogens is 1020 g/mol. The van der Waals surface area contributed by atoms with Crippen molar-refractivity contribution in [1.29, 1.82) is 0 Å². The molecule has 3 aromatic rings. The molecule has 4 heterocycles. The number of halogens is 1. The minimum Gasteiger partial charge on any atom is -0.453 e. The zero-order valence-electron chi connectivity index (χ0n) is 38.3. The summed E-state index contributed by atoms with van der Waals surface area (Å²) in [5, 5.41) is 31.9. The van der Waals surface area contributed by atoms with E-state index in [1.807, 2.05) is 38.1 Å². The number of aliphatic hydroxyl groups excluding tert-OH is 2. The molecular formula is C48H55IN4O12S2. The number of alkyl carbamates (subject to hydrolysis) is 1. The average molecular weight is 1070 g/mol. The number of aliphatic hydroxyl groups is 2. The van der Waals surface area contributed by atoms with Crippen LogP contribution >= 0.6 is 46.1 Å². The molecule has 8 unspecified atom stereocenters. The number of aromatic amines is 1. The number of hydrogen-bond acceptors (Lipinski definition) is 16. The number of ketones is 2. The number of fused-ring (bicyclic) bond motifs is 3. The number of nitrogens with zero attached hydrogens (tertiary/aromatic N) is 1. The molecule has 10 atom stereocenters. The number of Topliss-reactive ketones (excluding diaryl/α,β-unsaturated/α-hetero) is 2. The molecule has 1 amide bonds. The van der Waals surface area contributed by atoms with E-state index < -0.39 is 71.9 Å². The summed E-state index contributed by atoms with van der Waals surface area (Å²) in [7, 11) is 2.71. The molecule has 2 fully saturated rings. The van der Waals surface area contributed by atoms with Crippen molar-refractivity contribution < 1.29 is 57.8 Å². The molecule has 0 spiro atoms. The predicted molar refractivity (Wildman–Crippen MR) is 264 cm³/mol. The molecule has 5 N–H and O–H groups in total. The highest BCUT2D eigenvalue weighted by Crippen LogP contribution is 2.46. The van der Waals surface area contributed by atoms with Gasteiger partial charge >= 0.3 is 6.09 Å². The van der Waals surface area contributed by atoms with E-state index >= 15 is 4.79 Å². The summed E-state index contributed by atoms with van der Waals surface area (Å²) < 4.78 is 36.5. The Morgan fingerprint density at radius 3 is 2.61 bits per heavy atom. The number of amides is 1. The number of aromatic nitrogens is 2. The molecule has 19 heteroatoms. The minimum absolute atomic E-state index is 0.0525. The second-order valence-electron chi connectivity index (χ2n) is 16.1. The smallest absolute Gasteiger partial charge is 0.411 e. The summed E-state index contributed by atoms with van der Waals surface area (Å²) in [4.78, 5) is 62.0. The van der Waals surface area contributed by atoms with Gasteiger partial charge < -0.3 is 48.9 Å². The predicted octanol–water partition coefficient (Wildman–Crippen LogP) is 5.34. The van der Waals surface area contributed by atoms with E-state index in [4.69, 9.17) is 28.4 Å². The Balaban J connectivity index is 1.50. The Morgan fingerprint density at radius 2 is 1.93 bits per heavy atom. The zero-order chi connectivity index (χ0) is 48.6. The van der Waals surface area contributed by atoms with Crippen LogP contribution in [0.4, 0.5) is 4.79 Å². The second kappa shape index (κ2) is 23.5. The lowest BCUT2D eigenvalue weighted by Gasteiger charge is -2.51. The summed E-state index contributed by atoms with van der Waals surface area (Å²) in [5.74, 6) is 10.3.